The van der Waals surface area contributed by atoms with Crippen molar-refractivity contribution in [2.45, 2.75) is 19.6 Å². The van der Waals surface area contributed by atoms with Gasteiger partial charge in [-0.15, -0.1) is 0 Å². The molecule has 0 radical (unpaired) electrons. The Kier molecular flexibility index (Phi) is 8.23. The van der Waals surface area contributed by atoms with E-state index in [-0.39, 0.29) is 12.4 Å². The van der Waals surface area contributed by atoms with Crippen molar-refractivity contribution in [2.24, 2.45) is 0 Å². The van der Waals surface area contributed by atoms with Gasteiger partial charge in [0.2, 0.25) is 0 Å². The van der Waals surface area contributed by atoms with Crippen molar-refractivity contribution in [2.75, 3.05) is 13.7 Å². The highest BCUT2D eigenvalue weighted by molar-refractivity contribution is 6.35. The Labute approximate surface area is 190 Å². The summed E-state index contributed by atoms with van der Waals surface area (Å²) in [6.07, 6.45) is 0.598. The smallest absolute Gasteiger partial charge is 0.180 e. The zero-order valence-electron chi connectivity index (χ0n) is 16.4. The zero-order valence-corrected chi connectivity index (χ0v) is 18.6. The summed E-state index contributed by atoms with van der Waals surface area (Å²) >= 11 is 18.6. The van der Waals surface area contributed by atoms with Crippen LogP contribution in [0.5, 0.6) is 11.5 Å². The van der Waals surface area contributed by atoms with E-state index in [1.165, 1.54) is 6.07 Å². The molecule has 0 aliphatic heterocycles. The third-order valence-electron chi connectivity index (χ3n) is 4.53. The van der Waals surface area contributed by atoms with Gasteiger partial charge in [-0.25, -0.2) is 4.39 Å². The second-order valence-electron chi connectivity index (χ2n) is 6.65. The lowest BCUT2D eigenvalue weighted by atomic mass is 10.1. The van der Waals surface area contributed by atoms with Gasteiger partial charge in [-0.2, -0.15) is 0 Å². The van der Waals surface area contributed by atoms with Crippen LogP contribution in [0.25, 0.3) is 0 Å². The first-order valence-corrected chi connectivity index (χ1v) is 10.5. The van der Waals surface area contributed by atoms with E-state index in [1.54, 1.807) is 37.4 Å². The minimum atomic E-state index is -0.189. The molecule has 30 heavy (non-hydrogen) atoms. The highest BCUT2D eigenvalue weighted by Crippen LogP contribution is 2.37. The molecule has 3 aromatic rings. The molecule has 0 saturated carbocycles. The van der Waals surface area contributed by atoms with Gasteiger partial charge in [-0.1, -0.05) is 59.1 Å². The van der Waals surface area contributed by atoms with Crippen molar-refractivity contribution in [1.82, 2.24) is 5.32 Å². The fourth-order valence-electron chi connectivity index (χ4n) is 2.96. The van der Waals surface area contributed by atoms with Crippen molar-refractivity contribution < 1.29 is 13.9 Å². The van der Waals surface area contributed by atoms with Gasteiger partial charge in [0.25, 0.3) is 0 Å². The molecule has 0 aliphatic carbocycles. The minimum Gasteiger partial charge on any atom is -0.493 e. The van der Waals surface area contributed by atoms with Gasteiger partial charge in [0.1, 0.15) is 12.4 Å². The molecular formula is C23H21Cl3FNO2. The standard InChI is InChI=1S/C23H21Cl3FNO2/c1-29-22-11-15(13-28-9-8-16-4-2-3-5-21(16)27)10-20(26)23(22)30-14-17-6-7-18(24)12-19(17)25/h2-7,10-12,28H,8-9,13-14H2,1H3. The van der Waals surface area contributed by atoms with Gasteiger partial charge >= 0.3 is 0 Å². The predicted molar refractivity (Wildman–Crippen MR) is 121 cm³/mol. The SMILES string of the molecule is COc1cc(CNCCc2ccccc2F)cc(Cl)c1OCc1ccc(Cl)cc1Cl. The minimum absolute atomic E-state index is 0.189. The van der Waals surface area contributed by atoms with Crippen LogP contribution < -0.4 is 14.8 Å². The highest BCUT2D eigenvalue weighted by Gasteiger charge is 2.13. The highest BCUT2D eigenvalue weighted by atomic mass is 35.5. The van der Waals surface area contributed by atoms with Crippen LogP contribution in [-0.2, 0) is 19.6 Å². The maximum Gasteiger partial charge on any atom is 0.180 e. The van der Waals surface area contributed by atoms with E-state index >= 15 is 0 Å². The molecule has 7 heteroatoms. The van der Waals surface area contributed by atoms with Crippen molar-refractivity contribution in [1.29, 1.82) is 0 Å². The van der Waals surface area contributed by atoms with Gasteiger partial charge in [0, 0.05) is 22.2 Å². The fraction of sp³-hybridized carbons (Fsp3) is 0.217. The summed E-state index contributed by atoms with van der Waals surface area (Å²) in [7, 11) is 1.56. The van der Waals surface area contributed by atoms with Crippen LogP contribution in [0.2, 0.25) is 15.1 Å². The number of methoxy groups -OCH3 is 1. The molecule has 0 fully saturated rings. The Hall–Kier alpha value is -1.98. The van der Waals surface area contributed by atoms with Crippen molar-refractivity contribution in [3.05, 3.63) is 92.2 Å². The third kappa shape index (κ3) is 6.02. The van der Waals surface area contributed by atoms with Crippen LogP contribution >= 0.6 is 34.8 Å². The lowest BCUT2D eigenvalue weighted by Crippen LogP contribution is -2.17. The number of hydrogen-bond donors (Lipinski definition) is 1. The third-order valence-corrected chi connectivity index (χ3v) is 5.40. The quantitative estimate of drug-likeness (QED) is 0.354. The van der Waals surface area contributed by atoms with Crippen LogP contribution in [0.4, 0.5) is 4.39 Å². The molecule has 158 valence electrons. The Morgan fingerprint density at radius 2 is 1.73 bits per heavy atom. The van der Waals surface area contributed by atoms with E-state index in [4.69, 9.17) is 44.3 Å². The number of hydrogen-bond acceptors (Lipinski definition) is 3. The predicted octanol–water partition coefficient (Wildman–Crippen LogP) is 6.71. The summed E-state index contributed by atoms with van der Waals surface area (Å²) in [4.78, 5) is 0. The first kappa shape index (κ1) is 22.7. The summed E-state index contributed by atoms with van der Waals surface area (Å²) in [5.74, 6) is 0.782. The molecule has 0 bridgehead atoms. The number of benzene rings is 3. The molecule has 0 amide bonds. The average molecular weight is 469 g/mol. The number of halogens is 4. The molecule has 0 atom stereocenters. The maximum atomic E-state index is 13.7. The molecule has 0 saturated heterocycles. The molecule has 0 spiro atoms. The molecule has 1 N–H and O–H groups in total. The Bertz CT molecular complexity index is 1010. The van der Waals surface area contributed by atoms with Crippen molar-refractivity contribution in [3.63, 3.8) is 0 Å². The fourth-order valence-corrected chi connectivity index (χ4v) is 3.71. The molecule has 3 aromatic carbocycles. The Morgan fingerprint density at radius 1 is 0.933 bits per heavy atom. The second-order valence-corrected chi connectivity index (χ2v) is 7.90. The van der Waals surface area contributed by atoms with E-state index in [9.17, 15) is 4.39 Å². The van der Waals surface area contributed by atoms with Crippen LogP contribution in [-0.4, -0.2) is 13.7 Å². The van der Waals surface area contributed by atoms with Crippen LogP contribution in [0.15, 0.2) is 54.6 Å². The van der Waals surface area contributed by atoms with Gasteiger partial charge < -0.3 is 14.8 Å². The lowest BCUT2D eigenvalue weighted by Gasteiger charge is -2.15. The van der Waals surface area contributed by atoms with Gasteiger partial charge in [0.05, 0.1) is 12.1 Å². The van der Waals surface area contributed by atoms with Gasteiger partial charge in [-0.05, 0) is 54.4 Å². The zero-order chi connectivity index (χ0) is 21.5. The summed E-state index contributed by atoms with van der Waals surface area (Å²) in [5, 5.41) is 4.81. The summed E-state index contributed by atoms with van der Waals surface area (Å²) in [6, 6.07) is 15.7. The second kappa shape index (κ2) is 10.9. The monoisotopic (exact) mass is 467 g/mol. The van der Waals surface area contributed by atoms with Crippen LogP contribution in [0.3, 0.4) is 0 Å². The summed E-state index contributed by atoms with van der Waals surface area (Å²) < 4.78 is 25.0. The topological polar surface area (TPSA) is 30.5 Å². The number of rotatable bonds is 9. The first-order chi connectivity index (χ1) is 14.5. The average Bonchev–Trinajstić information content (AvgIpc) is 2.72. The lowest BCUT2D eigenvalue weighted by molar-refractivity contribution is 0.284. The Balaban J connectivity index is 1.61. The molecular weight excluding hydrogens is 448 g/mol. The van der Waals surface area contributed by atoms with Crippen molar-refractivity contribution >= 4 is 34.8 Å². The largest absolute Gasteiger partial charge is 0.493 e. The summed E-state index contributed by atoms with van der Waals surface area (Å²) in [5.41, 5.74) is 2.41. The van der Waals surface area contributed by atoms with E-state index in [1.807, 2.05) is 18.2 Å². The number of nitrogens with one attached hydrogen (secondary N) is 1. The molecule has 0 aliphatic rings. The van der Waals surface area contributed by atoms with Crippen LogP contribution in [0.1, 0.15) is 16.7 Å². The first-order valence-electron chi connectivity index (χ1n) is 9.35. The van der Waals surface area contributed by atoms with E-state index in [0.29, 0.717) is 51.6 Å². The number of ether oxygens (including phenoxy) is 2. The van der Waals surface area contributed by atoms with Crippen LogP contribution in [0, 0.1) is 5.82 Å². The van der Waals surface area contributed by atoms with Gasteiger partial charge in [0.15, 0.2) is 11.5 Å². The molecule has 0 unspecified atom stereocenters. The normalized spacial score (nSPS) is 10.8. The Morgan fingerprint density at radius 3 is 2.47 bits per heavy atom. The van der Waals surface area contributed by atoms with E-state index in [0.717, 1.165) is 11.1 Å². The van der Waals surface area contributed by atoms with Gasteiger partial charge in [-0.3, -0.25) is 0 Å². The molecule has 3 rings (SSSR count). The summed E-state index contributed by atoms with van der Waals surface area (Å²) in [6.45, 7) is 1.42. The molecule has 0 heterocycles. The van der Waals surface area contributed by atoms with E-state index in [2.05, 4.69) is 5.32 Å². The van der Waals surface area contributed by atoms with E-state index < -0.39 is 0 Å². The maximum absolute atomic E-state index is 13.7. The molecule has 3 nitrogen and oxygen atoms in total. The van der Waals surface area contributed by atoms with Crippen molar-refractivity contribution in [3.8, 4) is 11.5 Å². The molecule has 0 aromatic heterocycles.